The van der Waals surface area contributed by atoms with Crippen LogP contribution in [0.5, 0.6) is 11.5 Å². The number of hydrogen-bond donors (Lipinski definition) is 1. The van der Waals surface area contributed by atoms with Gasteiger partial charge in [0.15, 0.2) is 5.75 Å². The van der Waals surface area contributed by atoms with E-state index < -0.39 is 26.7 Å². The molecule has 0 aliphatic heterocycles. The van der Waals surface area contributed by atoms with Gasteiger partial charge in [0.05, 0.1) is 24.0 Å². The zero-order valence-corrected chi connectivity index (χ0v) is 16.3. The minimum absolute atomic E-state index is 0.00508. The summed E-state index contributed by atoms with van der Waals surface area (Å²) in [5.41, 5.74) is 0.350. The van der Waals surface area contributed by atoms with E-state index in [0.29, 0.717) is 5.75 Å². The molecule has 2 aromatic carbocycles. The smallest absolute Gasteiger partial charge is 0.312 e. The molecule has 0 fully saturated rings. The lowest BCUT2D eigenvalue weighted by Crippen LogP contribution is -2.31. The average Bonchev–Trinajstić information content (AvgIpc) is 2.65. The van der Waals surface area contributed by atoms with Crippen molar-refractivity contribution in [3.8, 4) is 11.5 Å². The van der Waals surface area contributed by atoms with Crippen LogP contribution in [0, 0.1) is 16.0 Å². The van der Waals surface area contributed by atoms with Gasteiger partial charge in [-0.3, -0.25) is 10.1 Å². The largest absolute Gasteiger partial charge is 0.497 e. The van der Waals surface area contributed by atoms with E-state index in [1.165, 1.54) is 19.2 Å². The lowest BCUT2D eigenvalue weighted by Gasteiger charge is -2.23. The number of sulfonamides is 1. The van der Waals surface area contributed by atoms with Crippen molar-refractivity contribution in [2.24, 2.45) is 5.92 Å². The minimum atomic E-state index is -3.99. The Bertz CT molecular complexity index is 910. The van der Waals surface area contributed by atoms with Gasteiger partial charge in [-0.2, -0.15) is 0 Å². The Morgan fingerprint density at radius 3 is 2.15 bits per heavy atom. The number of benzene rings is 2. The SMILES string of the molecule is COc1ccc(C(NS(=O)(=O)c2ccc(OC)c([N+](=O)[O-])c2)C(C)C)cc1. The number of hydrogen-bond acceptors (Lipinski definition) is 6. The van der Waals surface area contributed by atoms with Gasteiger partial charge >= 0.3 is 5.69 Å². The van der Waals surface area contributed by atoms with Crippen LogP contribution in [-0.2, 0) is 10.0 Å². The van der Waals surface area contributed by atoms with E-state index in [9.17, 15) is 18.5 Å². The Labute approximate surface area is 158 Å². The van der Waals surface area contributed by atoms with Crippen LogP contribution in [0.15, 0.2) is 47.4 Å². The quantitative estimate of drug-likeness (QED) is 0.544. The summed E-state index contributed by atoms with van der Waals surface area (Å²) in [5, 5.41) is 11.2. The van der Waals surface area contributed by atoms with Crippen LogP contribution < -0.4 is 14.2 Å². The van der Waals surface area contributed by atoms with Crippen molar-refractivity contribution in [1.29, 1.82) is 0 Å². The van der Waals surface area contributed by atoms with Crippen molar-refractivity contribution in [2.75, 3.05) is 14.2 Å². The molecule has 0 saturated heterocycles. The molecule has 0 radical (unpaired) electrons. The van der Waals surface area contributed by atoms with Gasteiger partial charge in [-0.15, -0.1) is 0 Å². The monoisotopic (exact) mass is 394 g/mol. The molecule has 9 heteroatoms. The lowest BCUT2D eigenvalue weighted by atomic mass is 9.97. The van der Waals surface area contributed by atoms with Gasteiger partial charge in [0, 0.05) is 12.1 Å². The Morgan fingerprint density at radius 1 is 1.04 bits per heavy atom. The third-order valence-corrected chi connectivity index (χ3v) is 5.52. The highest BCUT2D eigenvalue weighted by Crippen LogP contribution is 2.31. The molecule has 1 atom stereocenters. The Hall–Kier alpha value is -2.65. The number of ether oxygens (including phenoxy) is 2. The van der Waals surface area contributed by atoms with Gasteiger partial charge < -0.3 is 9.47 Å². The summed E-state index contributed by atoms with van der Waals surface area (Å²) in [4.78, 5) is 10.3. The molecule has 0 aliphatic rings. The maximum atomic E-state index is 12.8. The first-order valence-corrected chi connectivity index (χ1v) is 9.66. The highest BCUT2D eigenvalue weighted by molar-refractivity contribution is 7.89. The second-order valence-electron chi connectivity index (χ2n) is 6.21. The van der Waals surface area contributed by atoms with Gasteiger partial charge in [-0.1, -0.05) is 26.0 Å². The molecule has 0 aliphatic carbocycles. The predicted octanol–water partition coefficient (Wildman–Crippen LogP) is 3.29. The Balaban J connectivity index is 2.39. The van der Waals surface area contributed by atoms with Crippen LogP contribution in [0.4, 0.5) is 5.69 Å². The van der Waals surface area contributed by atoms with Crippen LogP contribution in [0.1, 0.15) is 25.5 Å². The summed E-state index contributed by atoms with van der Waals surface area (Å²) in [7, 11) is -1.16. The molecule has 0 saturated carbocycles. The molecule has 27 heavy (non-hydrogen) atoms. The number of methoxy groups -OCH3 is 2. The maximum absolute atomic E-state index is 12.8. The fourth-order valence-corrected chi connectivity index (χ4v) is 4.01. The highest BCUT2D eigenvalue weighted by atomic mass is 32.2. The van der Waals surface area contributed by atoms with E-state index >= 15 is 0 Å². The summed E-state index contributed by atoms with van der Waals surface area (Å²) in [6, 6.07) is 10.1. The molecule has 1 unspecified atom stereocenters. The van der Waals surface area contributed by atoms with E-state index in [1.807, 2.05) is 13.8 Å². The fourth-order valence-electron chi connectivity index (χ4n) is 2.62. The van der Waals surface area contributed by atoms with Crippen molar-refractivity contribution < 1.29 is 22.8 Å². The van der Waals surface area contributed by atoms with Crippen molar-refractivity contribution in [3.05, 3.63) is 58.1 Å². The lowest BCUT2D eigenvalue weighted by molar-refractivity contribution is -0.386. The van der Waals surface area contributed by atoms with Crippen molar-refractivity contribution in [1.82, 2.24) is 4.72 Å². The second kappa shape index (κ2) is 8.36. The Morgan fingerprint density at radius 2 is 1.67 bits per heavy atom. The van der Waals surface area contributed by atoms with Crippen LogP contribution >= 0.6 is 0 Å². The number of nitrogens with one attached hydrogen (secondary N) is 1. The van der Waals surface area contributed by atoms with Gasteiger partial charge in [-0.05, 0) is 35.7 Å². The molecule has 0 heterocycles. The number of nitro groups is 1. The molecule has 2 aromatic rings. The fraction of sp³-hybridized carbons (Fsp3) is 0.333. The van der Waals surface area contributed by atoms with Gasteiger partial charge in [-0.25, -0.2) is 13.1 Å². The first-order chi connectivity index (χ1) is 12.7. The minimum Gasteiger partial charge on any atom is -0.497 e. The third-order valence-electron chi connectivity index (χ3n) is 4.08. The van der Waals surface area contributed by atoms with E-state index in [0.717, 1.165) is 11.6 Å². The van der Waals surface area contributed by atoms with Crippen LogP contribution in [0.2, 0.25) is 0 Å². The number of nitro benzene ring substituents is 1. The predicted molar refractivity (Wildman–Crippen MR) is 101 cm³/mol. The highest BCUT2D eigenvalue weighted by Gasteiger charge is 2.27. The molecule has 0 spiro atoms. The van der Waals surface area contributed by atoms with E-state index in [4.69, 9.17) is 9.47 Å². The van der Waals surface area contributed by atoms with Crippen LogP contribution in [0.3, 0.4) is 0 Å². The number of rotatable bonds is 8. The van der Waals surface area contributed by atoms with Gasteiger partial charge in [0.2, 0.25) is 10.0 Å². The maximum Gasteiger partial charge on any atom is 0.312 e. The van der Waals surface area contributed by atoms with Crippen molar-refractivity contribution >= 4 is 15.7 Å². The summed E-state index contributed by atoms with van der Waals surface area (Å²) < 4.78 is 38.3. The third kappa shape index (κ3) is 4.75. The second-order valence-corrected chi connectivity index (χ2v) is 7.92. The van der Waals surface area contributed by atoms with E-state index in [-0.39, 0.29) is 16.6 Å². The average molecular weight is 394 g/mol. The summed E-state index contributed by atoms with van der Waals surface area (Å²) >= 11 is 0. The molecule has 0 amide bonds. The summed E-state index contributed by atoms with van der Waals surface area (Å²) in [5.74, 6) is 0.603. The van der Waals surface area contributed by atoms with Crippen LogP contribution in [-0.4, -0.2) is 27.6 Å². The zero-order valence-electron chi connectivity index (χ0n) is 15.5. The van der Waals surface area contributed by atoms with Gasteiger partial charge in [0.25, 0.3) is 0 Å². The van der Waals surface area contributed by atoms with E-state index in [2.05, 4.69) is 4.72 Å². The zero-order chi connectivity index (χ0) is 20.2. The van der Waals surface area contributed by atoms with E-state index in [1.54, 1.807) is 31.4 Å². The molecular formula is C18H22N2O6S. The standard InChI is InChI=1S/C18H22N2O6S/c1-12(2)18(13-5-7-14(25-3)8-6-13)19-27(23,24)15-9-10-17(26-4)16(11-15)20(21)22/h5-12,18-19H,1-4H3. The molecule has 8 nitrogen and oxygen atoms in total. The molecule has 146 valence electrons. The van der Waals surface area contributed by atoms with Crippen molar-refractivity contribution in [3.63, 3.8) is 0 Å². The van der Waals surface area contributed by atoms with Crippen LogP contribution in [0.25, 0.3) is 0 Å². The summed E-state index contributed by atoms with van der Waals surface area (Å²) in [6.45, 7) is 3.77. The molecule has 1 N–H and O–H groups in total. The topological polar surface area (TPSA) is 108 Å². The number of nitrogens with zero attached hydrogens (tertiary/aromatic N) is 1. The Kier molecular flexibility index (Phi) is 6.40. The normalized spacial score (nSPS) is 12.6. The summed E-state index contributed by atoms with van der Waals surface area (Å²) in [6.07, 6.45) is 0. The van der Waals surface area contributed by atoms with Crippen molar-refractivity contribution in [2.45, 2.75) is 24.8 Å². The first-order valence-electron chi connectivity index (χ1n) is 8.18. The molecule has 2 rings (SSSR count). The molecule has 0 bridgehead atoms. The molecule has 0 aromatic heterocycles. The first kappa shape index (κ1) is 20.7. The molecular weight excluding hydrogens is 372 g/mol. The van der Waals surface area contributed by atoms with Gasteiger partial charge in [0.1, 0.15) is 5.75 Å².